The molecule has 9 heteroatoms. The van der Waals surface area contributed by atoms with Gasteiger partial charge in [0.25, 0.3) is 0 Å². The third kappa shape index (κ3) is 4.25. The highest BCUT2D eigenvalue weighted by Gasteiger charge is 2.20. The largest absolute Gasteiger partial charge is 0.396 e. The van der Waals surface area contributed by atoms with Crippen molar-refractivity contribution in [1.82, 2.24) is 14.5 Å². The quantitative estimate of drug-likeness (QED) is 0.667. The van der Waals surface area contributed by atoms with E-state index in [9.17, 15) is 8.42 Å². The highest BCUT2D eigenvalue weighted by molar-refractivity contribution is 7.89. The molecular formula is C11H19N3O5S. The summed E-state index contributed by atoms with van der Waals surface area (Å²) < 4.78 is 38.6. The SMILES string of the molecule is O=S(=O)(NCC1COCCO1)c1cnn(CCCO)c1. The molecule has 1 aliphatic heterocycles. The molecule has 2 rings (SSSR count). The Kier molecular flexibility index (Phi) is 5.49. The second-order valence-corrected chi connectivity index (χ2v) is 6.20. The molecule has 1 aliphatic rings. The fraction of sp³-hybridized carbons (Fsp3) is 0.727. The summed E-state index contributed by atoms with van der Waals surface area (Å²) in [6.07, 6.45) is 3.00. The zero-order valence-electron chi connectivity index (χ0n) is 11.1. The predicted octanol–water partition coefficient (Wildman–Crippen LogP) is -1.04. The summed E-state index contributed by atoms with van der Waals surface area (Å²) in [6.45, 7) is 2.10. The predicted molar refractivity (Wildman–Crippen MR) is 69.7 cm³/mol. The Morgan fingerprint density at radius 2 is 2.35 bits per heavy atom. The molecule has 0 spiro atoms. The number of hydrogen-bond acceptors (Lipinski definition) is 6. The van der Waals surface area contributed by atoms with Gasteiger partial charge in [0, 0.05) is 25.9 Å². The highest BCUT2D eigenvalue weighted by atomic mass is 32.2. The number of sulfonamides is 1. The lowest BCUT2D eigenvalue weighted by Gasteiger charge is -2.22. The second-order valence-electron chi connectivity index (χ2n) is 4.44. The van der Waals surface area contributed by atoms with Gasteiger partial charge in [0.2, 0.25) is 10.0 Å². The van der Waals surface area contributed by atoms with E-state index in [1.54, 1.807) is 0 Å². The standard InChI is InChI=1S/C11H19N3O5S/c15-3-1-2-14-8-11(7-12-14)20(16,17)13-6-10-9-18-4-5-19-10/h7-8,10,13,15H,1-6,9H2. The lowest BCUT2D eigenvalue weighted by atomic mass is 10.3. The molecule has 2 N–H and O–H groups in total. The molecule has 0 saturated carbocycles. The molecule has 1 fully saturated rings. The highest BCUT2D eigenvalue weighted by Crippen LogP contribution is 2.08. The topological polar surface area (TPSA) is 103 Å². The van der Waals surface area contributed by atoms with Crippen LogP contribution in [0, 0.1) is 0 Å². The van der Waals surface area contributed by atoms with Crippen molar-refractivity contribution < 1.29 is 23.0 Å². The van der Waals surface area contributed by atoms with Crippen LogP contribution in [0.5, 0.6) is 0 Å². The Bertz CT molecular complexity index is 510. The van der Waals surface area contributed by atoms with Crippen LogP contribution in [-0.2, 0) is 26.0 Å². The van der Waals surface area contributed by atoms with Crippen molar-refractivity contribution in [3.05, 3.63) is 12.4 Å². The molecule has 8 nitrogen and oxygen atoms in total. The summed E-state index contributed by atoms with van der Waals surface area (Å²) in [4.78, 5) is 0.104. The van der Waals surface area contributed by atoms with E-state index in [-0.39, 0.29) is 24.2 Å². The smallest absolute Gasteiger partial charge is 0.243 e. The van der Waals surface area contributed by atoms with Gasteiger partial charge in [-0.2, -0.15) is 5.10 Å². The first kappa shape index (κ1) is 15.4. The molecule has 0 aromatic carbocycles. The first-order valence-electron chi connectivity index (χ1n) is 6.44. The Morgan fingerprint density at radius 3 is 3.05 bits per heavy atom. The van der Waals surface area contributed by atoms with E-state index < -0.39 is 10.0 Å². The molecule has 0 radical (unpaired) electrons. The number of aliphatic hydroxyl groups excluding tert-OH is 1. The van der Waals surface area contributed by atoms with Crippen LogP contribution >= 0.6 is 0 Å². The number of aryl methyl sites for hydroxylation is 1. The van der Waals surface area contributed by atoms with E-state index in [4.69, 9.17) is 14.6 Å². The van der Waals surface area contributed by atoms with Gasteiger partial charge in [-0.3, -0.25) is 4.68 Å². The molecular weight excluding hydrogens is 286 g/mol. The monoisotopic (exact) mass is 305 g/mol. The zero-order chi connectivity index (χ0) is 14.4. The fourth-order valence-electron chi connectivity index (χ4n) is 1.78. The number of hydrogen-bond donors (Lipinski definition) is 2. The number of rotatable bonds is 7. The summed E-state index contributed by atoms with van der Waals surface area (Å²) in [6, 6.07) is 0. The van der Waals surface area contributed by atoms with E-state index in [0.29, 0.717) is 32.8 Å². The van der Waals surface area contributed by atoms with Crippen LogP contribution in [-0.4, -0.2) is 62.4 Å². The third-order valence-electron chi connectivity index (χ3n) is 2.85. The van der Waals surface area contributed by atoms with E-state index in [0.717, 1.165) is 0 Å². The molecule has 20 heavy (non-hydrogen) atoms. The van der Waals surface area contributed by atoms with Crippen LogP contribution in [0.4, 0.5) is 0 Å². The van der Waals surface area contributed by atoms with Crippen LogP contribution in [0.1, 0.15) is 6.42 Å². The minimum atomic E-state index is -3.60. The van der Waals surface area contributed by atoms with Gasteiger partial charge in [0.1, 0.15) is 4.90 Å². The number of ether oxygens (including phenoxy) is 2. The van der Waals surface area contributed by atoms with Gasteiger partial charge in [0.05, 0.1) is 32.1 Å². The molecule has 1 aromatic heterocycles. The first-order valence-corrected chi connectivity index (χ1v) is 7.92. The first-order chi connectivity index (χ1) is 9.62. The molecule has 0 amide bonds. The molecule has 1 unspecified atom stereocenters. The van der Waals surface area contributed by atoms with E-state index in [1.165, 1.54) is 17.1 Å². The van der Waals surface area contributed by atoms with Crippen molar-refractivity contribution in [2.75, 3.05) is 33.0 Å². The van der Waals surface area contributed by atoms with Gasteiger partial charge >= 0.3 is 0 Å². The van der Waals surface area contributed by atoms with Gasteiger partial charge in [-0.1, -0.05) is 0 Å². The molecule has 1 aromatic rings. The van der Waals surface area contributed by atoms with Gasteiger partial charge in [-0.15, -0.1) is 0 Å². The van der Waals surface area contributed by atoms with Crippen LogP contribution in [0.15, 0.2) is 17.3 Å². The molecule has 0 aliphatic carbocycles. The minimum Gasteiger partial charge on any atom is -0.396 e. The Labute approximate surface area is 117 Å². The van der Waals surface area contributed by atoms with Gasteiger partial charge < -0.3 is 14.6 Å². The molecule has 0 bridgehead atoms. The average Bonchev–Trinajstić information content (AvgIpc) is 2.94. The molecule has 1 saturated heterocycles. The fourth-order valence-corrected chi connectivity index (χ4v) is 2.80. The van der Waals surface area contributed by atoms with Crippen molar-refractivity contribution in [3.63, 3.8) is 0 Å². The number of nitrogens with one attached hydrogen (secondary N) is 1. The maximum absolute atomic E-state index is 12.1. The summed E-state index contributed by atoms with van der Waals surface area (Å²) in [5, 5.41) is 12.7. The Hall–Kier alpha value is -1.00. The summed E-state index contributed by atoms with van der Waals surface area (Å²) in [5.41, 5.74) is 0. The van der Waals surface area contributed by atoms with E-state index in [1.807, 2.05) is 0 Å². The normalized spacial score (nSPS) is 20.1. The van der Waals surface area contributed by atoms with Gasteiger partial charge in [-0.05, 0) is 6.42 Å². The van der Waals surface area contributed by atoms with E-state index >= 15 is 0 Å². The van der Waals surface area contributed by atoms with Gasteiger partial charge in [0.15, 0.2) is 0 Å². The van der Waals surface area contributed by atoms with Gasteiger partial charge in [-0.25, -0.2) is 13.1 Å². The zero-order valence-corrected chi connectivity index (χ0v) is 11.9. The van der Waals surface area contributed by atoms with Crippen molar-refractivity contribution >= 4 is 10.0 Å². The Morgan fingerprint density at radius 1 is 1.50 bits per heavy atom. The summed E-state index contributed by atoms with van der Waals surface area (Å²) in [7, 11) is -3.60. The number of aromatic nitrogens is 2. The number of aliphatic hydroxyl groups is 1. The summed E-state index contributed by atoms with van der Waals surface area (Å²) >= 11 is 0. The maximum atomic E-state index is 12.1. The van der Waals surface area contributed by atoms with Crippen LogP contribution < -0.4 is 4.72 Å². The average molecular weight is 305 g/mol. The third-order valence-corrected chi connectivity index (χ3v) is 4.23. The lowest BCUT2D eigenvalue weighted by molar-refractivity contribution is -0.0846. The van der Waals surface area contributed by atoms with Crippen molar-refractivity contribution in [1.29, 1.82) is 0 Å². The molecule has 114 valence electrons. The summed E-state index contributed by atoms with van der Waals surface area (Å²) in [5.74, 6) is 0. The van der Waals surface area contributed by atoms with Crippen LogP contribution in [0.3, 0.4) is 0 Å². The second kappa shape index (κ2) is 7.14. The minimum absolute atomic E-state index is 0.0409. The van der Waals surface area contributed by atoms with Crippen LogP contribution in [0.2, 0.25) is 0 Å². The van der Waals surface area contributed by atoms with Crippen molar-refractivity contribution in [2.45, 2.75) is 24.0 Å². The van der Waals surface area contributed by atoms with Crippen molar-refractivity contribution in [3.8, 4) is 0 Å². The number of nitrogens with zero attached hydrogens (tertiary/aromatic N) is 2. The molecule has 2 heterocycles. The van der Waals surface area contributed by atoms with E-state index in [2.05, 4.69) is 9.82 Å². The van der Waals surface area contributed by atoms with Crippen molar-refractivity contribution in [2.24, 2.45) is 0 Å². The maximum Gasteiger partial charge on any atom is 0.243 e. The lowest BCUT2D eigenvalue weighted by Crippen LogP contribution is -2.39. The van der Waals surface area contributed by atoms with Crippen LogP contribution in [0.25, 0.3) is 0 Å². The molecule has 1 atom stereocenters. The Balaban J connectivity index is 1.90.